The molecule has 0 spiro atoms. The van der Waals surface area contributed by atoms with E-state index in [9.17, 15) is 14.4 Å². The molecule has 1 atom stereocenters. The molecule has 6 nitrogen and oxygen atoms in total. The highest BCUT2D eigenvalue weighted by Crippen LogP contribution is 2.35. The smallest absolute Gasteiger partial charge is 0.335 e. The molecule has 6 heteroatoms. The Morgan fingerprint density at radius 2 is 1.81 bits per heavy atom. The van der Waals surface area contributed by atoms with Crippen molar-refractivity contribution in [2.24, 2.45) is 0 Å². The molecule has 1 aliphatic rings. The van der Waals surface area contributed by atoms with E-state index in [0.717, 1.165) is 5.56 Å². The Labute approximate surface area is 151 Å². The number of hydrogen-bond donors (Lipinski definition) is 1. The molecule has 134 valence electrons. The highest BCUT2D eigenvalue weighted by atomic mass is 16.5. The van der Waals surface area contributed by atoms with E-state index in [-0.39, 0.29) is 24.7 Å². The minimum absolute atomic E-state index is 0.174. The van der Waals surface area contributed by atoms with Crippen LogP contribution >= 0.6 is 0 Å². The molecule has 26 heavy (non-hydrogen) atoms. The summed E-state index contributed by atoms with van der Waals surface area (Å²) in [6.07, 6.45) is 0.0461. The van der Waals surface area contributed by atoms with Crippen LogP contribution in [-0.4, -0.2) is 23.8 Å². The molecule has 0 aromatic heterocycles. The predicted molar refractivity (Wildman–Crippen MR) is 98.1 cm³/mol. The number of esters is 1. The minimum atomic E-state index is -0.984. The number of para-hydroxylation sites is 2. The van der Waals surface area contributed by atoms with E-state index in [4.69, 9.17) is 4.74 Å². The minimum Gasteiger partial charge on any atom is -0.423 e. The van der Waals surface area contributed by atoms with Crippen molar-refractivity contribution < 1.29 is 19.1 Å². The van der Waals surface area contributed by atoms with Gasteiger partial charge in [0.1, 0.15) is 6.04 Å². The van der Waals surface area contributed by atoms with E-state index in [2.05, 4.69) is 5.32 Å². The zero-order valence-electron chi connectivity index (χ0n) is 14.7. The van der Waals surface area contributed by atoms with E-state index in [1.165, 1.54) is 4.90 Å². The lowest BCUT2D eigenvalue weighted by Crippen LogP contribution is -2.51. The molecule has 1 heterocycles. The topological polar surface area (TPSA) is 75.7 Å². The number of ether oxygens (including phenoxy) is 1. The van der Waals surface area contributed by atoms with Gasteiger partial charge in [-0.2, -0.15) is 0 Å². The average molecular weight is 352 g/mol. The first-order chi connectivity index (χ1) is 12.5. The van der Waals surface area contributed by atoms with E-state index in [1.807, 2.05) is 19.1 Å². The molecular weight excluding hydrogens is 332 g/mol. The van der Waals surface area contributed by atoms with Gasteiger partial charge in [0.05, 0.1) is 12.1 Å². The fourth-order valence-electron chi connectivity index (χ4n) is 2.87. The molecule has 0 bridgehead atoms. The lowest BCUT2D eigenvalue weighted by atomic mass is 10.1. The monoisotopic (exact) mass is 352 g/mol. The molecule has 0 fully saturated rings. The van der Waals surface area contributed by atoms with Crippen LogP contribution in [0, 0.1) is 6.92 Å². The maximum atomic E-state index is 12.4. The first-order valence-electron chi connectivity index (χ1n) is 8.49. The van der Waals surface area contributed by atoms with Gasteiger partial charge in [-0.3, -0.25) is 14.5 Å². The van der Waals surface area contributed by atoms with Crippen LogP contribution in [0.25, 0.3) is 0 Å². The number of rotatable bonds is 4. The molecule has 1 N–H and O–H groups in total. The maximum Gasteiger partial charge on any atom is 0.335 e. The number of hydrogen-bond acceptors (Lipinski definition) is 4. The summed E-state index contributed by atoms with van der Waals surface area (Å²) in [7, 11) is 0. The Kier molecular flexibility index (Phi) is 5.02. The van der Waals surface area contributed by atoms with Gasteiger partial charge >= 0.3 is 5.97 Å². The van der Waals surface area contributed by atoms with Gasteiger partial charge in [0.25, 0.3) is 0 Å². The molecular formula is C20H20N2O4. The molecule has 2 aromatic rings. The number of carbonyl (C=O) groups excluding carboxylic acids is 3. The third-order valence-corrected chi connectivity index (χ3v) is 4.20. The summed E-state index contributed by atoms with van der Waals surface area (Å²) >= 11 is 0. The van der Waals surface area contributed by atoms with Crippen LogP contribution in [0.2, 0.25) is 0 Å². The number of anilines is 2. The summed E-state index contributed by atoms with van der Waals surface area (Å²) in [6.45, 7) is 3.67. The molecule has 0 radical (unpaired) electrons. The van der Waals surface area contributed by atoms with E-state index < -0.39 is 12.0 Å². The van der Waals surface area contributed by atoms with Crippen molar-refractivity contribution in [3.63, 3.8) is 0 Å². The Bertz CT molecular complexity index is 845. The van der Waals surface area contributed by atoms with Gasteiger partial charge in [-0.1, -0.05) is 36.8 Å². The van der Waals surface area contributed by atoms with Gasteiger partial charge < -0.3 is 10.1 Å². The van der Waals surface area contributed by atoms with Gasteiger partial charge in [-0.05, 0) is 31.2 Å². The van der Waals surface area contributed by atoms with Gasteiger partial charge in [0.15, 0.2) is 5.75 Å². The molecule has 1 aliphatic heterocycles. The van der Waals surface area contributed by atoms with Crippen LogP contribution in [0.5, 0.6) is 5.75 Å². The Balaban J connectivity index is 1.82. The molecule has 2 amide bonds. The van der Waals surface area contributed by atoms with Crippen molar-refractivity contribution in [1.82, 2.24) is 0 Å². The first kappa shape index (κ1) is 17.7. The fraction of sp³-hybridized carbons (Fsp3) is 0.250. The third-order valence-electron chi connectivity index (χ3n) is 4.20. The Morgan fingerprint density at radius 3 is 2.50 bits per heavy atom. The maximum absolute atomic E-state index is 12.4. The quantitative estimate of drug-likeness (QED) is 0.678. The van der Waals surface area contributed by atoms with Crippen LogP contribution in [0.1, 0.15) is 25.3 Å². The van der Waals surface area contributed by atoms with Gasteiger partial charge in [-0.15, -0.1) is 0 Å². The van der Waals surface area contributed by atoms with Gasteiger partial charge in [0, 0.05) is 12.1 Å². The second kappa shape index (κ2) is 7.39. The molecule has 0 saturated carbocycles. The zero-order valence-corrected chi connectivity index (χ0v) is 14.7. The normalized spacial score (nSPS) is 15.8. The van der Waals surface area contributed by atoms with E-state index in [1.54, 1.807) is 43.3 Å². The van der Waals surface area contributed by atoms with Crippen molar-refractivity contribution in [3.8, 4) is 5.75 Å². The van der Waals surface area contributed by atoms with E-state index >= 15 is 0 Å². The second-order valence-corrected chi connectivity index (χ2v) is 6.14. The number of aryl methyl sites for hydroxylation is 1. The number of amides is 2. The average Bonchev–Trinajstić information content (AvgIpc) is 2.63. The van der Waals surface area contributed by atoms with Crippen molar-refractivity contribution in [3.05, 3.63) is 54.1 Å². The molecule has 3 rings (SSSR count). The summed E-state index contributed by atoms with van der Waals surface area (Å²) < 4.78 is 5.32. The van der Waals surface area contributed by atoms with E-state index in [0.29, 0.717) is 17.1 Å². The number of nitrogens with one attached hydrogen (secondary N) is 1. The van der Waals surface area contributed by atoms with Crippen LogP contribution in [0.15, 0.2) is 48.5 Å². The standard InChI is InChI=1S/C20H20N2O4/c1-3-19(24)22-15-6-4-5-7-17(15)26-20(25)16(22)12-18(23)21-14-10-8-13(2)9-11-14/h4-11,16H,3,12H2,1-2H3,(H,21,23)/t16-/m0/s1. The molecule has 0 saturated heterocycles. The summed E-state index contributed by atoms with van der Waals surface area (Å²) in [5.41, 5.74) is 2.22. The van der Waals surface area contributed by atoms with Crippen LogP contribution in [-0.2, 0) is 14.4 Å². The highest BCUT2D eigenvalue weighted by Gasteiger charge is 2.39. The zero-order chi connectivity index (χ0) is 18.7. The van der Waals surface area contributed by atoms with Crippen molar-refractivity contribution in [1.29, 1.82) is 0 Å². The van der Waals surface area contributed by atoms with Crippen molar-refractivity contribution in [2.75, 3.05) is 10.2 Å². The Morgan fingerprint density at radius 1 is 1.12 bits per heavy atom. The number of carbonyl (C=O) groups is 3. The lowest BCUT2D eigenvalue weighted by Gasteiger charge is -2.34. The fourth-order valence-corrected chi connectivity index (χ4v) is 2.87. The summed E-state index contributed by atoms with van der Waals surface area (Å²) in [5.74, 6) is -0.870. The van der Waals surface area contributed by atoms with Crippen LogP contribution < -0.4 is 15.0 Å². The molecule has 2 aromatic carbocycles. The largest absolute Gasteiger partial charge is 0.423 e. The van der Waals surface area contributed by atoms with Gasteiger partial charge in [0.2, 0.25) is 11.8 Å². The summed E-state index contributed by atoms with van der Waals surface area (Å²) in [4.78, 5) is 38.7. The Hall–Kier alpha value is -3.15. The first-order valence-corrected chi connectivity index (χ1v) is 8.49. The number of fused-ring (bicyclic) bond motifs is 1. The summed E-state index contributed by atoms with van der Waals surface area (Å²) in [6, 6.07) is 13.2. The predicted octanol–water partition coefficient (Wildman–Crippen LogP) is 3.05. The molecule has 0 aliphatic carbocycles. The van der Waals surface area contributed by atoms with Crippen molar-refractivity contribution >= 4 is 29.2 Å². The third kappa shape index (κ3) is 3.59. The van der Waals surface area contributed by atoms with Crippen LogP contribution in [0.4, 0.5) is 11.4 Å². The van der Waals surface area contributed by atoms with Crippen LogP contribution in [0.3, 0.4) is 0 Å². The molecule has 0 unspecified atom stereocenters. The van der Waals surface area contributed by atoms with Crippen molar-refractivity contribution in [2.45, 2.75) is 32.7 Å². The highest BCUT2D eigenvalue weighted by molar-refractivity contribution is 6.06. The lowest BCUT2D eigenvalue weighted by molar-refractivity contribution is -0.140. The SMILES string of the molecule is CCC(=O)N1c2ccccc2OC(=O)[C@@H]1CC(=O)Nc1ccc(C)cc1. The number of benzene rings is 2. The number of nitrogens with zero attached hydrogens (tertiary/aromatic N) is 1. The summed E-state index contributed by atoms with van der Waals surface area (Å²) in [5, 5.41) is 2.75. The van der Waals surface area contributed by atoms with Gasteiger partial charge in [-0.25, -0.2) is 4.79 Å². The second-order valence-electron chi connectivity index (χ2n) is 6.14.